The summed E-state index contributed by atoms with van der Waals surface area (Å²) in [5.74, 6) is 0.325. The largest absolute Gasteiger partial charge is 0.462 e. The van der Waals surface area contributed by atoms with Crippen LogP contribution in [-0.4, -0.2) is 12.6 Å². The van der Waals surface area contributed by atoms with Crippen molar-refractivity contribution in [2.75, 3.05) is 6.61 Å². The molecule has 1 heterocycles. The van der Waals surface area contributed by atoms with Gasteiger partial charge >= 0.3 is 5.97 Å². The van der Waals surface area contributed by atoms with Crippen LogP contribution in [0.5, 0.6) is 0 Å². The molecule has 0 bridgehead atoms. The molecule has 1 aromatic heterocycles. The lowest BCUT2D eigenvalue weighted by Gasteiger charge is -1.97. The molecule has 3 nitrogen and oxygen atoms in total. The van der Waals surface area contributed by atoms with E-state index in [1.54, 1.807) is 19.9 Å². The van der Waals surface area contributed by atoms with Gasteiger partial charge in [0.1, 0.15) is 11.3 Å². The Bertz CT molecular complexity index is 290. The van der Waals surface area contributed by atoms with Gasteiger partial charge in [-0.3, -0.25) is 0 Å². The van der Waals surface area contributed by atoms with E-state index < -0.39 is 0 Å². The molecular weight excluding hydrogens is 224 g/mol. The van der Waals surface area contributed by atoms with E-state index in [0.717, 1.165) is 0 Å². The number of halogens is 1. The van der Waals surface area contributed by atoms with Gasteiger partial charge in [0.25, 0.3) is 0 Å². The van der Waals surface area contributed by atoms with Gasteiger partial charge < -0.3 is 9.15 Å². The van der Waals surface area contributed by atoms with Crippen molar-refractivity contribution in [1.29, 1.82) is 0 Å². The van der Waals surface area contributed by atoms with E-state index in [1.807, 2.05) is 0 Å². The number of esters is 1. The van der Waals surface area contributed by atoms with E-state index in [4.69, 9.17) is 9.15 Å². The Balaban J connectivity index is 2.87. The summed E-state index contributed by atoms with van der Waals surface area (Å²) in [6.45, 7) is 3.90. The van der Waals surface area contributed by atoms with E-state index in [9.17, 15) is 4.79 Å². The second kappa shape index (κ2) is 3.76. The number of hydrogen-bond donors (Lipinski definition) is 0. The van der Waals surface area contributed by atoms with Crippen LogP contribution in [0.1, 0.15) is 23.0 Å². The molecule has 1 rings (SSSR count). The zero-order valence-electron chi connectivity index (χ0n) is 6.89. The number of carbonyl (C=O) groups excluding carboxylic acids is 1. The van der Waals surface area contributed by atoms with Crippen LogP contribution in [0.25, 0.3) is 0 Å². The van der Waals surface area contributed by atoms with Crippen molar-refractivity contribution in [2.24, 2.45) is 0 Å². The summed E-state index contributed by atoms with van der Waals surface area (Å²) in [6, 6.07) is 1.64. The highest BCUT2D eigenvalue weighted by Gasteiger charge is 2.14. The average Bonchev–Trinajstić information content (AvgIpc) is 2.30. The topological polar surface area (TPSA) is 39.4 Å². The van der Waals surface area contributed by atoms with Gasteiger partial charge in [0, 0.05) is 0 Å². The number of aryl methyl sites for hydroxylation is 1. The molecule has 66 valence electrons. The third kappa shape index (κ3) is 1.88. The van der Waals surface area contributed by atoms with Gasteiger partial charge in [-0.25, -0.2) is 4.79 Å². The molecule has 0 unspecified atom stereocenters. The third-order valence-electron chi connectivity index (χ3n) is 1.31. The second-order valence-electron chi connectivity index (χ2n) is 2.26. The Morgan fingerprint density at radius 2 is 2.42 bits per heavy atom. The lowest BCUT2D eigenvalue weighted by atomic mass is 10.3. The van der Waals surface area contributed by atoms with Crippen molar-refractivity contribution in [3.63, 3.8) is 0 Å². The van der Waals surface area contributed by atoms with Crippen LogP contribution in [0, 0.1) is 6.92 Å². The molecule has 0 fully saturated rings. The quantitative estimate of drug-likeness (QED) is 0.736. The average molecular weight is 233 g/mol. The lowest BCUT2D eigenvalue weighted by Crippen LogP contribution is -2.03. The zero-order valence-corrected chi connectivity index (χ0v) is 8.47. The molecular formula is C8H9BrO3. The van der Waals surface area contributed by atoms with Crippen LogP contribution in [-0.2, 0) is 4.74 Å². The molecule has 1 aromatic rings. The highest BCUT2D eigenvalue weighted by Crippen LogP contribution is 2.21. The molecule has 0 radical (unpaired) electrons. The molecule has 12 heavy (non-hydrogen) atoms. The summed E-state index contributed by atoms with van der Waals surface area (Å²) in [5, 5.41) is 0. The third-order valence-corrected chi connectivity index (χ3v) is 1.89. The first-order chi connectivity index (χ1) is 5.65. The predicted octanol–water partition coefficient (Wildman–Crippen LogP) is 2.53. The van der Waals surface area contributed by atoms with Crippen LogP contribution < -0.4 is 0 Å². The molecule has 0 aliphatic heterocycles. The standard InChI is InChI=1S/C8H9BrO3/c1-3-11-8(10)6-4-5(2)12-7(6)9/h4H,3H2,1-2H3. The summed E-state index contributed by atoms with van der Waals surface area (Å²) in [6.07, 6.45) is 0. The molecule has 0 saturated carbocycles. The molecule has 0 spiro atoms. The van der Waals surface area contributed by atoms with Crippen molar-refractivity contribution < 1.29 is 13.9 Å². The fourth-order valence-electron chi connectivity index (χ4n) is 0.834. The van der Waals surface area contributed by atoms with Crippen LogP contribution in [0.3, 0.4) is 0 Å². The number of rotatable bonds is 2. The summed E-state index contributed by atoms with van der Waals surface area (Å²) in [4.78, 5) is 11.2. The van der Waals surface area contributed by atoms with Crippen molar-refractivity contribution >= 4 is 21.9 Å². The summed E-state index contributed by atoms with van der Waals surface area (Å²) in [5.41, 5.74) is 0.439. The Morgan fingerprint density at radius 1 is 1.75 bits per heavy atom. The maximum Gasteiger partial charge on any atom is 0.342 e. The highest BCUT2D eigenvalue weighted by atomic mass is 79.9. The second-order valence-corrected chi connectivity index (χ2v) is 2.99. The van der Waals surface area contributed by atoms with Crippen LogP contribution in [0.2, 0.25) is 0 Å². The van der Waals surface area contributed by atoms with Crippen LogP contribution in [0.4, 0.5) is 0 Å². The number of furan rings is 1. The molecule has 0 aliphatic carbocycles. The van der Waals surface area contributed by atoms with Gasteiger partial charge in [-0.05, 0) is 35.8 Å². The molecule has 4 heteroatoms. The van der Waals surface area contributed by atoms with Gasteiger partial charge in [0.05, 0.1) is 6.61 Å². The first kappa shape index (κ1) is 9.32. The summed E-state index contributed by atoms with van der Waals surface area (Å²) >= 11 is 3.12. The number of hydrogen-bond acceptors (Lipinski definition) is 3. The van der Waals surface area contributed by atoms with E-state index in [0.29, 0.717) is 22.6 Å². The first-order valence-electron chi connectivity index (χ1n) is 3.58. The van der Waals surface area contributed by atoms with Gasteiger partial charge in [-0.1, -0.05) is 0 Å². The Morgan fingerprint density at radius 3 is 2.83 bits per heavy atom. The molecule has 0 N–H and O–H groups in total. The monoisotopic (exact) mass is 232 g/mol. The Kier molecular flexibility index (Phi) is 2.92. The van der Waals surface area contributed by atoms with Gasteiger partial charge in [-0.15, -0.1) is 0 Å². The first-order valence-corrected chi connectivity index (χ1v) is 4.37. The van der Waals surface area contributed by atoms with Crippen molar-refractivity contribution in [2.45, 2.75) is 13.8 Å². The minimum Gasteiger partial charge on any atom is -0.462 e. The Hall–Kier alpha value is -0.770. The minimum atomic E-state index is -0.360. The SMILES string of the molecule is CCOC(=O)c1cc(C)oc1Br. The fourth-order valence-corrected chi connectivity index (χ4v) is 1.37. The predicted molar refractivity (Wildman–Crippen MR) is 47.1 cm³/mol. The van der Waals surface area contributed by atoms with E-state index in [1.165, 1.54) is 0 Å². The summed E-state index contributed by atoms with van der Waals surface area (Å²) < 4.78 is 10.3. The molecule has 0 aromatic carbocycles. The molecule has 0 aliphatic rings. The van der Waals surface area contributed by atoms with Crippen LogP contribution >= 0.6 is 15.9 Å². The molecule has 0 atom stereocenters. The van der Waals surface area contributed by atoms with Crippen LogP contribution in [0.15, 0.2) is 15.2 Å². The van der Waals surface area contributed by atoms with E-state index in [2.05, 4.69) is 15.9 Å². The fraction of sp³-hybridized carbons (Fsp3) is 0.375. The van der Waals surface area contributed by atoms with Crippen molar-refractivity contribution in [1.82, 2.24) is 0 Å². The maximum atomic E-state index is 11.2. The summed E-state index contributed by atoms with van der Waals surface area (Å²) in [7, 11) is 0. The van der Waals surface area contributed by atoms with E-state index in [-0.39, 0.29) is 5.97 Å². The van der Waals surface area contributed by atoms with E-state index >= 15 is 0 Å². The minimum absolute atomic E-state index is 0.360. The van der Waals surface area contributed by atoms with Gasteiger partial charge in [-0.2, -0.15) is 0 Å². The molecule has 0 amide bonds. The normalized spacial score (nSPS) is 9.92. The van der Waals surface area contributed by atoms with Gasteiger partial charge in [0.15, 0.2) is 4.67 Å². The number of ether oxygens (including phenoxy) is 1. The zero-order chi connectivity index (χ0) is 9.14. The Labute approximate surface area is 78.8 Å². The van der Waals surface area contributed by atoms with Crippen molar-refractivity contribution in [3.8, 4) is 0 Å². The van der Waals surface area contributed by atoms with Gasteiger partial charge in [0.2, 0.25) is 0 Å². The molecule has 0 saturated heterocycles. The smallest absolute Gasteiger partial charge is 0.342 e. The maximum absolute atomic E-state index is 11.2. The number of carbonyl (C=O) groups is 1. The van der Waals surface area contributed by atoms with Crippen molar-refractivity contribution in [3.05, 3.63) is 22.1 Å². The highest BCUT2D eigenvalue weighted by molar-refractivity contribution is 9.10. The lowest BCUT2D eigenvalue weighted by molar-refractivity contribution is 0.0524.